The van der Waals surface area contributed by atoms with Crippen LogP contribution in [0.3, 0.4) is 0 Å². The molecule has 1 fully saturated rings. The van der Waals surface area contributed by atoms with Gasteiger partial charge in [-0.2, -0.15) is 0 Å². The average Bonchev–Trinajstić information content (AvgIpc) is 2.68. The van der Waals surface area contributed by atoms with Gasteiger partial charge in [0, 0.05) is 25.2 Å². The van der Waals surface area contributed by atoms with Gasteiger partial charge in [0.05, 0.1) is 0 Å². The summed E-state index contributed by atoms with van der Waals surface area (Å²) in [4.78, 5) is 2.60. The van der Waals surface area contributed by atoms with E-state index in [0.717, 1.165) is 6.54 Å². The Kier molecular flexibility index (Phi) is 5.87. The molecule has 1 atom stereocenters. The summed E-state index contributed by atoms with van der Waals surface area (Å²) in [5, 5.41) is 3.71. The largest absolute Gasteiger partial charge is 0.313 e. The minimum atomic E-state index is 0.602. The SMILES string of the molecule is CC(C)N(Cc1ccccc1)CC1CCCCCN1. The first kappa shape index (κ1) is 14.5. The van der Waals surface area contributed by atoms with E-state index in [1.54, 1.807) is 0 Å². The van der Waals surface area contributed by atoms with Crippen molar-refractivity contribution in [2.75, 3.05) is 13.1 Å². The van der Waals surface area contributed by atoms with Gasteiger partial charge in [-0.15, -0.1) is 0 Å². The van der Waals surface area contributed by atoms with Crippen molar-refractivity contribution in [3.8, 4) is 0 Å². The van der Waals surface area contributed by atoms with Crippen LogP contribution in [0.1, 0.15) is 45.1 Å². The lowest BCUT2D eigenvalue weighted by atomic mass is 10.1. The highest BCUT2D eigenvalue weighted by molar-refractivity contribution is 5.14. The first-order valence-electron chi connectivity index (χ1n) is 7.77. The topological polar surface area (TPSA) is 15.3 Å². The summed E-state index contributed by atoms with van der Waals surface area (Å²) in [5.74, 6) is 0. The molecule has 0 bridgehead atoms. The van der Waals surface area contributed by atoms with Crippen molar-refractivity contribution in [2.24, 2.45) is 0 Å². The lowest BCUT2D eigenvalue weighted by molar-refractivity contribution is 0.187. The maximum atomic E-state index is 3.71. The number of hydrogen-bond donors (Lipinski definition) is 1. The first-order chi connectivity index (χ1) is 9.25. The molecule has 1 aliphatic heterocycles. The Bertz CT molecular complexity index is 340. The summed E-state index contributed by atoms with van der Waals surface area (Å²) < 4.78 is 0. The summed E-state index contributed by atoms with van der Waals surface area (Å²) in [6.07, 6.45) is 5.45. The molecule has 0 amide bonds. The zero-order chi connectivity index (χ0) is 13.5. The second-order valence-corrected chi connectivity index (χ2v) is 6.01. The smallest absolute Gasteiger partial charge is 0.0237 e. The molecule has 2 nitrogen and oxygen atoms in total. The number of benzene rings is 1. The van der Waals surface area contributed by atoms with Crippen LogP contribution in [-0.4, -0.2) is 30.1 Å². The van der Waals surface area contributed by atoms with Gasteiger partial charge in [-0.25, -0.2) is 0 Å². The van der Waals surface area contributed by atoms with Gasteiger partial charge in [-0.05, 0) is 38.8 Å². The predicted octanol–water partition coefficient (Wildman–Crippen LogP) is 3.43. The molecular formula is C17H28N2. The van der Waals surface area contributed by atoms with Gasteiger partial charge < -0.3 is 5.32 Å². The Morgan fingerprint density at radius 1 is 1.16 bits per heavy atom. The van der Waals surface area contributed by atoms with E-state index in [4.69, 9.17) is 0 Å². The highest BCUT2D eigenvalue weighted by atomic mass is 15.2. The van der Waals surface area contributed by atoms with E-state index in [2.05, 4.69) is 54.4 Å². The average molecular weight is 260 g/mol. The van der Waals surface area contributed by atoms with Crippen LogP contribution in [-0.2, 0) is 6.54 Å². The van der Waals surface area contributed by atoms with E-state index in [9.17, 15) is 0 Å². The van der Waals surface area contributed by atoms with Crippen molar-refractivity contribution in [2.45, 2.75) is 58.2 Å². The monoisotopic (exact) mass is 260 g/mol. The van der Waals surface area contributed by atoms with Gasteiger partial charge >= 0.3 is 0 Å². The molecule has 0 spiro atoms. The van der Waals surface area contributed by atoms with Crippen molar-refractivity contribution in [3.05, 3.63) is 35.9 Å². The molecule has 0 radical (unpaired) electrons. The molecule has 1 aromatic rings. The summed E-state index contributed by atoms with van der Waals surface area (Å²) in [7, 11) is 0. The second kappa shape index (κ2) is 7.66. The maximum Gasteiger partial charge on any atom is 0.0237 e. The predicted molar refractivity (Wildman–Crippen MR) is 82.2 cm³/mol. The van der Waals surface area contributed by atoms with Gasteiger partial charge in [-0.1, -0.05) is 43.2 Å². The molecule has 2 heteroatoms. The summed E-state index contributed by atoms with van der Waals surface area (Å²) in [6.45, 7) is 8.05. The molecule has 1 saturated heterocycles. The Morgan fingerprint density at radius 3 is 2.68 bits per heavy atom. The summed E-state index contributed by atoms with van der Waals surface area (Å²) in [6, 6.07) is 12.1. The molecule has 1 aromatic carbocycles. The Labute approximate surface area is 118 Å². The Balaban J connectivity index is 1.92. The minimum Gasteiger partial charge on any atom is -0.313 e. The molecule has 1 unspecified atom stereocenters. The fourth-order valence-electron chi connectivity index (χ4n) is 2.82. The second-order valence-electron chi connectivity index (χ2n) is 6.01. The van der Waals surface area contributed by atoms with E-state index in [1.165, 1.54) is 44.3 Å². The standard InChI is InChI=1S/C17H28N2/c1-15(2)19(13-16-9-5-3-6-10-16)14-17-11-7-4-8-12-18-17/h3,5-6,9-10,15,17-18H,4,7-8,11-14H2,1-2H3. The highest BCUT2D eigenvalue weighted by Crippen LogP contribution is 2.13. The van der Waals surface area contributed by atoms with Gasteiger partial charge in [-0.3, -0.25) is 4.90 Å². The molecule has 2 rings (SSSR count). The van der Waals surface area contributed by atoms with Crippen LogP contribution in [0.2, 0.25) is 0 Å². The van der Waals surface area contributed by atoms with E-state index in [-0.39, 0.29) is 0 Å². The third-order valence-corrected chi connectivity index (χ3v) is 4.08. The van der Waals surface area contributed by atoms with Crippen molar-refractivity contribution in [1.29, 1.82) is 0 Å². The third kappa shape index (κ3) is 4.96. The van der Waals surface area contributed by atoms with Crippen molar-refractivity contribution >= 4 is 0 Å². The zero-order valence-corrected chi connectivity index (χ0v) is 12.4. The maximum absolute atomic E-state index is 3.71. The minimum absolute atomic E-state index is 0.602. The van der Waals surface area contributed by atoms with Crippen molar-refractivity contribution in [3.63, 3.8) is 0 Å². The molecule has 106 valence electrons. The molecular weight excluding hydrogens is 232 g/mol. The van der Waals surface area contributed by atoms with Gasteiger partial charge in [0.25, 0.3) is 0 Å². The van der Waals surface area contributed by atoms with Gasteiger partial charge in [0.1, 0.15) is 0 Å². The van der Waals surface area contributed by atoms with Crippen LogP contribution >= 0.6 is 0 Å². The van der Waals surface area contributed by atoms with Crippen LogP contribution in [0.4, 0.5) is 0 Å². The molecule has 1 N–H and O–H groups in total. The molecule has 0 aromatic heterocycles. The quantitative estimate of drug-likeness (QED) is 0.872. The number of hydrogen-bond acceptors (Lipinski definition) is 2. The van der Waals surface area contributed by atoms with E-state index >= 15 is 0 Å². The lowest BCUT2D eigenvalue weighted by Crippen LogP contribution is -2.43. The van der Waals surface area contributed by atoms with E-state index in [1.807, 2.05) is 0 Å². The number of nitrogens with one attached hydrogen (secondary N) is 1. The van der Waals surface area contributed by atoms with Crippen molar-refractivity contribution < 1.29 is 0 Å². The Morgan fingerprint density at radius 2 is 1.95 bits per heavy atom. The van der Waals surface area contributed by atoms with Gasteiger partial charge in [0.2, 0.25) is 0 Å². The summed E-state index contributed by atoms with van der Waals surface area (Å²) >= 11 is 0. The fourth-order valence-corrected chi connectivity index (χ4v) is 2.82. The molecule has 0 aliphatic carbocycles. The number of rotatable bonds is 5. The third-order valence-electron chi connectivity index (χ3n) is 4.08. The van der Waals surface area contributed by atoms with Crippen LogP contribution in [0.15, 0.2) is 30.3 Å². The molecule has 0 saturated carbocycles. The lowest BCUT2D eigenvalue weighted by Gasteiger charge is -2.30. The van der Waals surface area contributed by atoms with Crippen LogP contribution in [0.25, 0.3) is 0 Å². The summed E-state index contributed by atoms with van der Waals surface area (Å²) in [5.41, 5.74) is 1.42. The van der Waals surface area contributed by atoms with Crippen LogP contribution < -0.4 is 5.32 Å². The highest BCUT2D eigenvalue weighted by Gasteiger charge is 2.17. The molecule has 19 heavy (non-hydrogen) atoms. The number of nitrogens with zero attached hydrogens (tertiary/aromatic N) is 1. The molecule has 1 aliphatic rings. The molecule has 1 heterocycles. The van der Waals surface area contributed by atoms with E-state index in [0.29, 0.717) is 12.1 Å². The van der Waals surface area contributed by atoms with E-state index < -0.39 is 0 Å². The van der Waals surface area contributed by atoms with Crippen LogP contribution in [0.5, 0.6) is 0 Å². The normalized spacial score (nSPS) is 20.7. The van der Waals surface area contributed by atoms with Crippen LogP contribution in [0, 0.1) is 0 Å². The Hall–Kier alpha value is -0.860. The zero-order valence-electron chi connectivity index (χ0n) is 12.4. The fraction of sp³-hybridized carbons (Fsp3) is 0.647. The first-order valence-corrected chi connectivity index (χ1v) is 7.77. The van der Waals surface area contributed by atoms with Crippen molar-refractivity contribution in [1.82, 2.24) is 10.2 Å². The van der Waals surface area contributed by atoms with Gasteiger partial charge in [0.15, 0.2) is 0 Å².